The number of nitrogens with one attached hydrogen (secondary N) is 1. The molecule has 1 unspecified atom stereocenters. The first-order valence-electron chi connectivity index (χ1n) is 5.86. The summed E-state index contributed by atoms with van der Waals surface area (Å²) in [4.78, 5) is 2.17. The van der Waals surface area contributed by atoms with Gasteiger partial charge in [-0.25, -0.2) is 4.39 Å². The van der Waals surface area contributed by atoms with E-state index in [0.29, 0.717) is 0 Å². The highest BCUT2D eigenvalue weighted by Crippen LogP contribution is 2.25. The molecule has 0 aliphatic carbocycles. The lowest BCUT2D eigenvalue weighted by Crippen LogP contribution is -2.26. The lowest BCUT2D eigenvalue weighted by Gasteiger charge is -2.25. The Hall–Kier alpha value is -0.450. The third-order valence-electron chi connectivity index (χ3n) is 3.01. The Morgan fingerprint density at radius 1 is 1.47 bits per heavy atom. The van der Waals surface area contributed by atoms with Crippen LogP contribution in [0.15, 0.2) is 22.7 Å². The summed E-state index contributed by atoms with van der Waals surface area (Å²) in [6.45, 7) is 3.97. The van der Waals surface area contributed by atoms with Crippen molar-refractivity contribution in [1.29, 1.82) is 0 Å². The highest BCUT2D eigenvalue weighted by molar-refractivity contribution is 9.10. The van der Waals surface area contributed by atoms with Crippen LogP contribution in [-0.4, -0.2) is 32.1 Å². The average molecular weight is 303 g/mol. The molecule has 1 aromatic carbocycles. The summed E-state index contributed by atoms with van der Waals surface area (Å²) in [6, 6.07) is 5.18. The lowest BCUT2D eigenvalue weighted by atomic mass is 10.1. The summed E-state index contributed by atoms with van der Waals surface area (Å²) in [5.41, 5.74) is 0.742. The predicted molar refractivity (Wildman–Crippen MR) is 73.7 cm³/mol. The van der Waals surface area contributed by atoms with E-state index >= 15 is 0 Å². The Balaban J connectivity index is 2.67. The molecule has 0 aliphatic rings. The standard InChI is InChI=1S/C13H20BrFN2/c1-10(17(3)8-4-7-16-2)12-9-11(14)5-6-13(12)15/h5-6,9-10,16H,4,7-8H2,1-3H3. The molecule has 4 heteroatoms. The summed E-state index contributed by atoms with van der Waals surface area (Å²) >= 11 is 3.38. The molecule has 0 spiro atoms. The minimum Gasteiger partial charge on any atom is -0.320 e. The molecular formula is C13H20BrFN2. The monoisotopic (exact) mass is 302 g/mol. The first-order valence-corrected chi connectivity index (χ1v) is 6.65. The molecule has 0 fully saturated rings. The maximum absolute atomic E-state index is 13.7. The smallest absolute Gasteiger partial charge is 0.128 e. The van der Waals surface area contributed by atoms with Crippen LogP contribution in [0.3, 0.4) is 0 Å². The second-order valence-electron chi connectivity index (χ2n) is 4.28. The minimum atomic E-state index is -0.138. The Kier molecular flexibility index (Phi) is 6.09. The second-order valence-corrected chi connectivity index (χ2v) is 5.20. The quantitative estimate of drug-likeness (QED) is 0.812. The van der Waals surface area contributed by atoms with Crippen LogP contribution < -0.4 is 5.32 Å². The maximum Gasteiger partial charge on any atom is 0.128 e. The van der Waals surface area contributed by atoms with Gasteiger partial charge < -0.3 is 5.32 Å². The van der Waals surface area contributed by atoms with E-state index in [-0.39, 0.29) is 11.9 Å². The van der Waals surface area contributed by atoms with Gasteiger partial charge in [0.05, 0.1) is 0 Å². The Labute approximate surface area is 111 Å². The number of benzene rings is 1. The minimum absolute atomic E-state index is 0.0874. The van der Waals surface area contributed by atoms with E-state index in [2.05, 4.69) is 26.1 Å². The van der Waals surface area contributed by atoms with Crippen molar-refractivity contribution in [3.05, 3.63) is 34.1 Å². The van der Waals surface area contributed by atoms with E-state index < -0.39 is 0 Å². The van der Waals surface area contributed by atoms with E-state index in [9.17, 15) is 4.39 Å². The Morgan fingerprint density at radius 3 is 2.82 bits per heavy atom. The molecule has 1 aromatic rings. The molecule has 1 rings (SSSR count). The fourth-order valence-electron chi connectivity index (χ4n) is 1.77. The van der Waals surface area contributed by atoms with Crippen molar-refractivity contribution >= 4 is 15.9 Å². The Morgan fingerprint density at radius 2 is 2.18 bits per heavy atom. The van der Waals surface area contributed by atoms with Gasteiger partial charge in [-0.2, -0.15) is 0 Å². The van der Waals surface area contributed by atoms with E-state index in [1.807, 2.05) is 27.1 Å². The number of hydrogen-bond acceptors (Lipinski definition) is 2. The van der Waals surface area contributed by atoms with Gasteiger partial charge in [-0.1, -0.05) is 15.9 Å². The fraction of sp³-hybridized carbons (Fsp3) is 0.538. The molecule has 0 amide bonds. The first-order chi connectivity index (χ1) is 8.06. The van der Waals surface area contributed by atoms with Crippen LogP contribution in [-0.2, 0) is 0 Å². The first kappa shape index (κ1) is 14.6. The van der Waals surface area contributed by atoms with Gasteiger partial charge in [0, 0.05) is 16.1 Å². The highest BCUT2D eigenvalue weighted by atomic mass is 79.9. The van der Waals surface area contributed by atoms with Crippen molar-refractivity contribution in [2.75, 3.05) is 27.2 Å². The molecule has 1 atom stereocenters. The lowest BCUT2D eigenvalue weighted by molar-refractivity contribution is 0.253. The van der Waals surface area contributed by atoms with Gasteiger partial charge in [-0.15, -0.1) is 0 Å². The predicted octanol–water partition coefficient (Wildman–Crippen LogP) is 3.19. The molecule has 2 nitrogen and oxygen atoms in total. The molecule has 0 aromatic heterocycles. The molecule has 0 heterocycles. The highest BCUT2D eigenvalue weighted by Gasteiger charge is 2.15. The van der Waals surface area contributed by atoms with Crippen molar-refractivity contribution < 1.29 is 4.39 Å². The molecule has 17 heavy (non-hydrogen) atoms. The van der Waals surface area contributed by atoms with Crippen LogP contribution in [0.2, 0.25) is 0 Å². The molecule has 0 saturated carbocycles. The topological polar surface area (TPSA) is 15.3 Å². The third-order valence-corrected chi connectivity index (χ3v) is 3.50. The summed E-state index contributed by atoms with van der Waals surface area (Å²) in [5.74, 6) is -0.138. The van der Waals surface area contributed by atoms with Gasteiger partial charge in [-0.05, 0) is 58.7 Å². The van der Waals surface area contributed by atoms with Gasteiger partial charge in [0.25, 0.3) is 0 Å². The zero-order valence-corrected chi connectivity index (χ0v) is 12.2. The normalized spacial score (nSPS) is 13.1. The zero-order chi connectivity index (χ0) is 12.8. The number of halogens is 2. The number of nitrogens with zero attached hydrogens (tertiary/aromatic N) is 1. The average Bonchev–Trinajstić information content (AvgIpc) is 2.31. The van der Waals surface area contributed by atoms with Crippen LogP contribution in [0.4, 0.5) is 4.39 Å². The van der Waals surface area contributed by atoms with Crippen LogP contribution in [0.5, 0.6) is 0 Å². The number of rotatable bonds is 6. The summed E-state index contributed by atoms with van der Waals surface area (Å²) in [5, 5.41) is 3.11. The van der Waals surface area contributed by atoms with Crippen LogP contribution in [0, 0.1) is 5.82 Å². The van der Waals surface area contributed by atoms with Gasteiger partial charge in [-0.3, -0.25) is 4.90 Å². The summed E-state index contributed by atoms with van der Waals surface area (Å²) < 4.78 is 14.6. The summed E-state index contributed by atoms with van der Waals surface area (Å²) in [7, 11) is 3.97. The second kappa shape index (κ2) is 7.09. The van der Waals surface area contributed by atoms with E-state index in [0.717, 1.165) is 29.5 Å². The molecule has 0 aliphatic heterocycles. The largest absolute Gasteiger partial charge is 0.320 e. The molecule has 1 N–H and O–H groups in total. The SMILES string of the molecule is CNCCCN(C)C(C)c1cc(Br)ccc1F. The van der Waals surface area contributed by atoms with E-state index in [1.54, 1.807) is 6.07 Å². The van der Waals surface area contributed by atoms with Crippen molar-refractivity contribution in [2.45, 2.75) is 19.4 Å². The van der Waals surface area contributed by atoms with Crippen LogP contribution >= 0.6 is 15.9 Å². The molecule has 96 valence electrons. The number of hydrogen-bond donors (Lipinski definition) is 1. The van der Waals surface area contributed by atoms with Gasteiger partial charge >= 0.3 is 0 Å². The zero-order valence-electron chi connectivity index (χ0n) is 10.6. The molecule has 0 saturated heterocycles. The summed E-state index contributed by atoms with van der Waals surface area (Å²) in [6.07, 6.45) is 1.06. The van der Waals surface area contributed by atoms with Crippen molar-refractivity contribution in [3.8, 4) is 0 Å². The van der Waals surface area contributed by atoms with Gasteiger partial charge in [0.1, 0.15) is 5.82 Å². The van der Waals surface area contributed by atoms with Crippen molar-refractivity contribution in [1.82, 2.24) is 10.2 Å². The maximum atomic E-state index is 13.7. The van der Waals surface area contributed by atoms with Gasteiger partial charge in [0.2, 0.25) is 0 Å². The van der Waals surface area contributed by atoms with Crippen molar-refractivity contribution in [2.24, 2.45) is 0 Å². The van der Waals surface area contributed by atoms with Crippen molar-refractivity contribution in [3.63, 3.8) is 0 Å². The van der Waals surface area contributed by atoms with E-state index in [1.165, 1.54) is 6.07 Å². The molecular weight excluding hydrogens is 283 g/mol. The third kappa shape index (κ3) is 4.37. The molecule has 0 radical (unpaired) electrons. The van der Waals surface area contributed by atoms with E-state index in [4.69, 9.17) is 0 Å². The van der Waals surface area contributed by atoms with Crippen LogP contribution in [0.25, 0.3) is 0 Å². The molecule has 0 bridgehead atoms. The fourth-order valence-corrected chi connectivity index (χ4v) is 2.15. The van der Waals surface area contributed by atoms with Gasteiger partial charge in [0.15, 0.2) is 0 Å². The Bertz CT molecular complexity index is 357. The van der Waals surface area contributed by atoms with Crippen LogP contribution in [0.1, 0.15) is 24.9 Å².